The molecule has 0 unspecified atom stereocenters. The van der Waals surface area contributed by atoms with E-state index in [0.717, 1.165) is 41.5 Å². The first-order chi connectivity index (χ1) is 33.3. The zero-order chi connectivity index (χ0) is 51.9. The predicted octanol–water partition coefficient (Wildman–Crippen LogP) is -3.93. The average Bonchev–Trinajstić information content (AvgIpc) is 3.35. The van der Waals surface area contributed by atoms with Crippen LogP contribution in [0.25, 0.3) is 11.1 Å². The number of guanidine groups is 1. The number of aliphatic hydroxyl groups is 10. The zero-order valence-corrected chi connectivity index (χ0v) is 39.5. The van der Waals surface area contributed by atoms with E-state index in [1.807, 2.05) is 48.5 Å². The van der Waals surface area contributed by atoms with Crippen LogP contribution in [0.5, 0.6) is 0 Å². The molecule has 0 aliphatic carbocycles. The summed E-state index contributed by atoms with van der Waals surface area (Å²) in [6.45, 7) is -2.38. The average molecular weight is 1010 g/mol. The van der Waals surface area contributed by atoms with Crippen LogP contribution in [0.4, 0.5) is 11.6 Å². The van der Waals surface area contributed by atoms with Crippen LogP contribution in [-0.2, 0) is 22.4 Å². The zero-order valence-electron chi connectivity index (χ0n) is 38.8. The summed E-state index contributed by atoms with van der Waals surface area (Å²) in [5.74, 6) is -2.21. The van der Waals surface area contributed by atoms with E-state index in [4.69, 9.17) is 44.4 Å². The van der Waals surface area contributed by atoms with Crippen molar-refractivity contribution in [1.29, 1.82) is 5.41 Å². The number of benzene rings is 2. The van der Waals surface area contributed by atoms with E-state index in [9.17, 15) is 55.2 Å². The van der Waals surface area contributed by atoms with E-state index in [1.165, 1.54) is 4.90 Å². The molecule has 3 rings (SSSR count). The Morgan fingerprint density at radius 3 is 1.73 bits per heavy atom. The highest BCUT2D eigenvalue weighted by molar-refractivity contribution is 6.31. The molecule has 24 nitrogen and oxygen atoms in total. The van der Waals surface area contributed by atoms with Gasteiger partial charge in [0.15, 0.2) is 28.4 Å². The number of rotatable bonds is 31. The van der Waals surface area contributed by atoms with Gasteiger partial charge in [-0.1, -0.05) is 60.1 Å². The summed E-state index contributed by atoms with van der Waals surface area (Å²) < 4.78 is 0. The fourth-order valence-electron chi connectivity index (χ4n) is 7.10. The first-order valence-electron chi connectivity index (χ1n) is 22.9. The van der Waals surface area contributed by atoms with Crippen molar-refractivity contribution in [2.45, 2.75) is 106 Å². The Kier molecular flexibility index (Phi) is 25.8. The van der Waals surface area contributed by atoms with Crippen molar-refractivity contribution in [2.75, 3.05) is 63.9 Å². The van der Waals surface area contributed by atoms with Crippen molar-refractivity contribution in [3.8, 4) is 11.1 Å². The Morgan fingerprint density at radius 1 is 0.671 bits per heavy atom. The van der Waals surface area contributed by atoms with Crippen LogP contribution in [0.15, 0.2) is 48.5 Å². The highest BCUT2D eigenvalue weighted by Gasteiger charge is 2.34. The largest absolute Gasteiger partial charge is 0.394 e. The molecule has 0 fully saturated rings. The molecule has 0 radical (unpaired) electrons. The van der Waals surface area contributed by atoms with Crippen LogP contribution in [0.3, 0.4) is 0 Å². The molecule has 0 saturated carbocycles. The van der Waals surface area contributed by atoms with E-state index >= 15 is 0 Å². The second-order valence-electron chi connectivity index (χ2n) is 16.8. The number of carbonyl (C=O) groups is 3. The number of halogens is 1. The number of nitrogen functional groups attached to an aromatic ring is 2. The van der Waals surface area contributed by atoms with Crippen molar-refractivity contribution in [2.24, 2.45) is 5.73 Å². The lowest BCUT2D eigenvalue weighted by Gasteiger charge is -2.33. The molecule has 390 valence electrons. The molecule has 0 bridgehead atoms. The number of anilines is 2. The molecule has 2 aromatic carbocycles. The summed E-state index contributed by atoms with van der Waals surface area (Å²) in [6, 6.07) is 14.9. The molecule has 9 atom stereocenters. The topological polar surface area (TPSA) is 433 Å². The third-order valence-electron chi connectivity index (χ3n) is 11.3. The van der Waals surface area contributed by atoms with Crippen molar-refractivity contribution in [3.63, 3.8) is 0 Å². The van der Waals surface area contributed by atoms with Gasteiger partial charge in [-0.2, -0.15) is 0 Å². The smallest absolute Gasteiger partial charge is 0.280 e. The van der Waals surface area contributed by atoms with Gasteiger partial charge in [0.25, 0.3) is 5.91 Å². The molecule has 70 heavy (non-hydrogen) atoms. The fourth-order valence-corrected chi connectivity index (χ4v) is 7.22. The van der Waals surface area contributed by atoms with Crippen LogP contribution >= 0.6 is 11.6 Å². The normalized spacial score (nSPS) is 15.4. The first-order valence-corrected chi connectivity index (χ1v) is 23.2. The second kappa shape index (κ2) is 30.5. The molecule has 0 aliphatic heterocycles. The highest BCUT2D eigenvalue weighted by Crippen LogP contribution is 2.22. The van der Waals surface area contributed by atoms with Gasteiger partial charge in [0.1, 0.15) is 42.7 Å². The van der Waals surface area contributed by atoms with Gasteiger partial charge < -0.3 is 84.2 Å². The number of nitrogens with one attached hydrogen (secondary N) is 5. The highest BCUT2D eigenvalue weighted by atomic mass is 35.5. The molecule has 3 aromatic rings. The Morgan fingerprint density at radius 2 is 1.20 bits per heavy atom. The summed E-state index contributed by atoms with van der Waals surface area (Å²) in [4.78, 5) is 47.8. The van der Waals surface area contributed by atoms with Crippen molar-refractivity contribution in [3.05, 3.63) is 70.5 Å². The molecule has 1 aromatic heterocycles. The van der Waals surface area contributed by atoms with E-state index in [0.29, 0.717) is 32.4 Å². The lowest BCUT2D eigenvalue weighted by Crippen LogP contribution is -2.54. The number of aryl methyl sites for hydroxylation is 2. The number of nitrogens with two attached hydrogens (primary N) is 3. The lowest BCUT2D eigenvalue weighted by molar-refractivity contribution is -0.131. The van der Waals surface area contributed by atoms with E-state index in [-0.39, 0.29) is 60.3 Å². The van der Waals surface area contributed by atoms with E-state index in [2.05, 4.69) is 31.2 Å². The van der Waals surface area contributed by atoms with Gasteiger partial charge >= 0.3 is 0 Å². The monoisotopic (exact) mass is 1010 g/mol. The first kappa shape index (κ1) is 59.1. The van der Waals surface area contributed by atoms with E-state index < -0.39 is 93.0 Å². The number of aliphatic hydroxyl groups excluding tert-OH is 10. The lowest BCUT2D eigenvalue weighted by atomic mass is 9.99. The van der Waals surface area contributed by atoms with E-state index in [1.54, 1.807) is 0 Å². The molecule has 0 saturated heterocycles. The predicted molar refractivity (Wildman–Crippen MR) is 259 cm³/mol. The number of unbranched alkanes of at least 4 members (excludes halogenated alkanes) is 2. The molecule has 3 amide bonds. The quantitative estimate of drug-likeness (QED) is 0.0166. The maximum atomic E-state index is 13.4. The summed E-state index contributed by atoms with van der Waals surface area (Å²) in [6.07, 6.45) is -10.9. The molecule has 1 heterocycles. The number of amides is 3. The van der Waals surface area contributed by atoms with Gasteiger partial charge in [0.05, 0.1) is 25.4 Å². The molecular weight excluding hydrogens is 938 g/mol. The van der Waals surface area contributed by atoms with Crippen molar-refractivity contribution in [1.82, 2.24) is 36.1 Å². The number of hydrogen-bond donors (Lipinski definition) is 18. The summed E-state index contributed by atoms with van der Waals surface area (Å²) in [5.41, 5.74) is 20.6. The SMILES string of the molecule is N=C(NCCCCc1ccc(-c2ccc(CCC(=O)N[C@@H](CCCCN)C(=O)NCCN(C[C@H](O)[C@@H](O)[C@H](O)[C@H](O)CO)C[C@H](O)[C@@H](O)[C@H](O)[C@H](O)CO)cc2)cc1)NC(=O)c1nc(Cl)c(N)nc1N. The Hall–Kier alpha value is -5.19. The van der Waals surface area contributed by atoms with Gasteiger partial charge in [-0.25, -0.2) is 9.97 Å². The van der Waals surface area contributed by atoms with Crippen LogP contribution in [-0.4, -0.2) is 197 Å². The second-order valence-corrected chi connectivity index (χ2v) is 17.2. The third kappa shape index (κ3) is 19.5. The van der Waals surface area contributed by atoms with Crippen LogP contribution in [0.2, 0.25) is 5.15 Å². The number of aromatic nitrogens is 2. The maximum absolute atomic E-state index is 13.4. The molecule has 25 heteroatoms. The minimum Gasteiger partial charge on any atom is -0.394 e. The Labute approximate surface area is 410 Å². The van der Waals surface area contributed by atoms with Gasteiger partial charge in [-0.3, -0.25) is 30.0 Å². The number of hydrogen-bond acceptors (Lipinski definition) is 20. The summed E-state index contributed by atoms with van der Waals surface area (Å²) >= 11 is 5.83. The van der Waals surface area contributed by atoms with Crippen LogP contribution in [0, 0.1) is 5.41 Å². The van der Waals surface area contributed by atoms with Gasteiger partial charge in [0, 0.05) is 39.1 Å². The standard InChI is InChI=1S/C45H70ClN11O13/c46-40-42(49)55-41(48)35(54-40)44(70)56-45(50)52-18-4-2-5-25-7-12-27(13-8-25)28-14-9-26(10-15-28)11-16-34(64)53-29(6-1-3-17-47)43(69)51-19-20-57(21-30(60)36(65)38(67)32(62)23-58)22-31(61)37(66)39(68)33(63)24-59/h7-10,12-15,29-33,36-39,58-63,65-68H,1-6,11,16-24,47H2,(H,51,69)(H,53,64)(H4,48,49,55)(H3,50,52,56,70)/t29-,30-,31-,32+,33+,36+,37+,38+,39+/m0/s1. The van der Waals surface area contributed by atoms with Crippen LogP contribution in [0.1, 0.15) is 60.1 Å². The Balaban J connectivity index is 1.49. The number of carbonyl (C=O) groups excluding carboxylic acids is 3. The minimum atomic E-state index is -1.97. The minimum absolute atomic E-state index is 0.0745. The molecular formula is C45H70ClN11O13. The fraction of sp³-hybridized carbons (Fsp3) is 0.556. The van der Waals surface area contributed by atoms with Crippen LogP contribution < -0.4 is 38.5 Å². The van der Waals surface area contributed by atoms with Gasteiger partial charge in [-0.15, -0.1) is 0 Å². The van der Waals surface area contributed by atoms with Crippen molar-refractivity contribution >= 4 is 46.9 Å². The van der Waals surface area contributed by atoms with Gasteiger partial charge in [-0.05, 0) is 73.7 Å². The summed E-state index contributed by atoms with van der Waals surface area (Å²) in [5, 5.41) is 118. The maximum Gasteiger partial charge on any atom is 0.280 e. The Bertz CT molecular complexity index is 2050. The molecule has 21 N–H and O–H groups in total. The van der Waals surface area contributed by atoms with Gasteiger partial charge in [0.2, 0.25) is 11.8 Å². The number of nitrogens with zero attached hydrogens (tertiary/aromatic N) is 3. The molecule has 0 spiro atoms. The summed E-state index contributed by atoms with van der Waals surface area (Å²) in [7, 11) is 0. The third-order valence-corrected chi connectivity index (χ3v) is 11.6. The molecule has 0 aliphatic rings. The van der Waals surface area contributed by atoms with Crippen molar-refractivity contribution < 1.29 is 65.4 Å².